The molecule has 0 unspecified atom stereocenters. The molecule has 4 aromatic carbocycles. The van der Waals surface area contributed by atoms with E-state index in [-0.39, 0.29) is 12.1 Å². The zero-order chi connectivity index (χ0) is 28.5. The normalized spacial score (nSPS) is 16.4. The molecular weight excluding hydrogens is 540 g/mol. The molecule has 0 spiro atoms. The Morgan fingerprint density at radius 1 is 0.714 bits per heavy atom. The second-order valence-corrected chi connectivity index (χ2v) is 10.5. The predicted octanol–water partition coefficient (Wildman–Crippen LogP) is 8.00. The van der Waals surface area contributed by atoms with Gasteiger partial charge in [0.1, 0.15) is 23.3 Å². The summed E-state index contributed by atoms with van der Waals surface area (Å²) in [7, 11) is 1.65. The molecule has 7 heteroatoms. The minimum Gasteiger partial charge on any atom is -0.497 e. The number of nitrogens with zero attached hydrogens (tertiary/aromatic N) is 3. The summed E-state index contributed by atoms with van der Waals surface area (Å²) < 4.78 is 13.6. The zero-order valence-electron chi connectivity index (χ0n) is 22.9. The Balaban J connectivity index is 1.26. The molecule has 1 saturated heterocycles. The molecule has 42 heavy (non-hydrogen) atoms. The van der Waals surface area contributed by atoms with E-state index in [2.05, 4.69) is 75.6 Å². The molecule has 0 aliphatic carbocycles. The number of anilines is 1. The van der Waals surface area contributed by atoms with Crippen LogP contribution in [0.2, 0.25) is 0 Å². The third kappa shape index (κ3) is 4.84. The molecule has 206 valence electrons. The highest BCUT2D eigenvalue weighted by Gasteiger charge is 2.42. The highest BCUT2D eigenvalue weighted by atomic mass is 32.1. The number of hydrogen-bond donors (Lipinski definition) is 1. The molecule has 6 nitrogen and oxygen atoms in total. The maximum Gasteiger partial charge on any atom is 0.174 e. The van der Waals surface area contributed by atoms with Crippen molar-refractivity contribution in [1.82, 2.24) is 14.9 Å². The van der Waals surface area contributed by atoms with Crippen molar-refractivity contribution < 1.29 is 9.47 Å². The highest BCUT2D eigenvalue weighted by Crippen LogP contribution is 2.43. The summed E-state index contributed by atoms with van der Waals surface area (Å²) in [5, 5.41) is 6.62. The van der Waals surface area contributed by atoms with Crippen molar-refractivity contribution in [1.29, 1.82) is 0 Å². The number of benzene rings is 4. The highest BCUT2D eigenvalue weighted by molar-refractivity contribution is 7.80. The Morgan fingerprint density at radius 3 is 2.14 bits per heavy atom. The SMILES string of the molecule is COc1ccc(Oc2ccc(N3C(=S)N[C@@H](c4ccccn4)[C@@H]3c3cccn3-c3ccc4ccccc4c3)cc2)cc1. The lowest BCUT2D eigenvalue weighted by Gasteiger charge is -2.29. The van der Waals surface area contributed by atoms with Crippen molar-refractivity contribution in [2.75, 3.05) is 12.0 Å². The van der Waals surface area contributed by atoms with Gasteiger partial charge >= 0.3 is 0 Å². The average Bonchev–Trinajstić information content (AvgIpc) is 3.66. The number of rotatable bonds is 7. The lowest BCUT2D eigenvalue weighted by molar-refractivity contribution is 0.413. The van der Waals surface area contributed by atoms with Crippen LogP contribution in [0.3, 0.4) is 0 Å². The first-order valence-electron chi connectivity index (χ1n) is 13.8. The molecule has 0 saturated carbocycles. The largest absolute Gasteiger partial charge is 0.497 e. The lowest BCUT2D eigenvalue weighted by Crippen LogP contribution is -2.30. The van der Waals surface area contributed by atoms with Crippen LogP contribution in [-0.2, 0) is 0 Å². The van der Waals surface area contributed by atoms with Crippen molar-refractivity contribution >= 4 is 33.8 Å². The maximum atomic E-state index is 6.09. The van der Waals surface area contributed by atoms with E-state index in [1.165, 1.54) is 10.8 Å². The fourth-order valence-corrected chi connectivity index (χ4v) is 5.93. The van der Waals surface area contributed by atoms with Gasteiger partial charge in [0, 0.05) is 29.5 Å². The number of nitrogens with one attached hydrogen (secondary N) is 1. The number of thiocarbonyl (C=S) groups is 1. The summed E-state index contributed by atoms with van der Waals surface area (Å²) in [6, 6.07) is 40.5. The maximum absolute atomic E-state index is 6.09. The van der Waals surface area contributed by atoms with Crippen LogP contribution in [0, 0.1) is 0 Å². The van der Waals surface area contributed by atoms with Crippen molar-refractivity contribution in [2.45, 2.75) is 12.1 Å². The van der Waals surface area contributed by atoms with Gasteiger partial charge in [-0.3, -0.25) is 4.98 Å². The van der Waals surface area contributed by atoms with Crippen LogP contribution in [-0.4, -0.2) is 21.8 Å². The van der Waals surface area contributed by atoms with Crippen LogP contribution in [0.4, 0.5) is 5.69 Å². The van der Waals surface area contributed by atoms with Crippen molar-refractivity contribution in [3.63, 3.8) is 0 Å². The Labute approximate surface area is 249 Å². The molecule has 1 fully saturated rings. The van der Waals surface area contributed by atoms with Gasteiger partial charge in [-0.15, -0.1) is 0 Å². The van der Waals surface area contributed by atoms with Gasteiger partial charge in [0.15, 0.2) is 5.11 Å². The van der Waals surface area contributed by atoms with Crippen molar-refractivity contribution in [3.05, 3.63) is 145 Å². The smallest absolute Gasteiger partial charge is 0.174 e. The van der Waals surface area contributed by atoms with Crippen LogP contribution >= 0.6 is 12.2 Å². The topological polar surface area (TPSA) is 51.6 Å². The monoisotopic (exact) mass is 568 g/mol. The third-order valence-corrected chi connectivity index (χ3v) is 7.92. The van der Waals surface area contributed by atoms with E-state index in [1.807, 2.05) is 72.9 Å². The van der Waals surface area contributed by atoms with Gasteiger partial charge in [0.05, 0.1) is 18.8 Å². The van der Waals surface area contributed by atoms with E-state index in [9.17, 15) is 0 Å². The number of ether oxygens (including phenoxy) is 2. The molecule has 2 aromatic heterocycles. The van der Waals surface area contributed by atoms with Crippen LogP contribution in [0.1, 0.15) is 23.5 Å². The van der Waals surface area contributed by atoms with Crippen LogP contribution in [0.5, 0.6) is 17.2 Å². The second kappa shape index (κ2) is 11.0. The van der Waals surface area contributed by atoms with Gasteiger partial charge in [-0.1, -0.05) is 36.4 Å². The number of hydrogen-bond acceptors (Lipinski definition) is 4. The summed E-state index contributed by atoms with van der Waals surface area (Å²) in [5.41, 5.74) is 4.09. The van der Waals surface area contributed by atoms with Crippen LogP contribution < -0.4 is 19.7 Å². The average molecular weight is 569 g/mol. The van der Waals surface area contributed by atoms with Gasteiger partial charge in [-0.25, -0.2) is 0 Å². The molecule has 0 amide bonds. The fourth-order valence-electron chi connectivity index (χ4n) is 5.58. The fraction of sp³-hybridized carbons (Fsp3) is 0.0857. The lowest BCUT2D eigenvalue weighted by atomic mass is 10.0. The third-order valence-electron chi connectivity index (χ3n) is 7.60. The molecule has 2 atom stereocenters. The van der Waals surface area contributed by atoms with Gasteiger partial charge in [0.25, 0.3) is 0 Å². The summed E-state index contributed by atoms with van der Waals surface area (Å²) in [4.78, 5) is 6.89. The quantitative estimate of drug-likeness (QED) is 0.197. The number of pyridine rings is 1. The van der Waals surface area contributed by atoms with Crippen molar-refractivity contribution in [2.24, 2.45) is 0 Å². The van der Waals surface area contributed by atoms with Crippen molar-refractivity contribution in [3.8, 4) is 22.9 Å². The van der Waals surface area contributed by atoms with Gasteiger partial charge in [0.2, 0.25) is 0 Å². The second-order valence-electron chi connectivity index (χ2n) is 10.1. The minimum absolute atomic E-state index is 0.150. The van der Waals surface area contributed by atoms with E-state index < -0.39 is 0 Å². The van der Waals surface area contributed by atoms with Crippen LogP contribution in [0.15, 0.2) is 134 Å². The summed E-state index contributed by atoms with van der Waals surface area (Å²) >= 11 is 5.97. The predicted molar refractivity (Wildman–Crippen MR) is 171 cm³/mol. The summed E-state index contributed by atoms with van der Waals surface area (Å²) in [6.07, 6.45) is 3.94. The Hall–Kier alpha value is -5.14. The zero-order valence-corrected chi connectivity index (χ0v) is 23.7. The summed E-state index contributed by atoms with van der Waals surface area (Å²) in [6.45, 7) is 0. The molecule has 6 aromatic rings. The molecular formula is C35H28N4O2S. The van der Waals surface area contributed by atoms with Crippen LogP contribution in [0.25, 0.3) is 16.5 Å². The Kier molecular flexibility index (Phi) is 6.78. The Bertz CT molecular complexity index is 1850. The molecule has 3 heterocycles. The number of aromatic nitrogens is 2. The first kappa shape index (κ1) is 25.8. The van der Waals surface area contributed by atoms with E-state index in [4.69, 9.17) is 26.7 Å². The van der Waals surface area contributed by atoms with Gasteiger partial charge < -0.3 is 24.3 Å². The summed E-state index contributed by atoms with van der Waals surface area (Å²) in [5.74, 6) is 2.26. The van der Waals surface area contributed by atoms with E-state index in [1.54, 1.807) is 7.11 Å². The first-order valence-corrected chi connectivity index (χ1v) is 14.2. The molecule has 7 rings (SSSR count). The van der Waals surface area contributed by atoms with Gasteiger partial charge in [-0.2, -0.15) is 0 Å². The molecule has 1 N–H and O–H groups in total. The molecule has 0 radical (unpaired) electrons. The van der Waals surface area contributed by atoms with E-state index >= 15 is 0 Å². The first-order chi connectivity index (χ1) is 20.7. The van der Waals surface area contributed by atoms with E-state index in [0.29, 0.717) is 5.11 Å². The van der Waals surface area contributed by atoms with Gasteiger partial charge in [-0.05, 0) is 108 Å². The van der Waals surface area contributed by atoms with E-state index in [0.717, 1.165) is 40.0 Å². The number of fused-ring (bicyclic) bond motifs is 1. The molecule has 0 bridgehead atoms. The molecule has 1 aliphatic rings. The number of methoxy groups -OCH3 is 1. The standard InChI is InChI=1S/C35H28N4O2S/c1-40-28-17-19-30(20-18-28)41-29-15-13-26(14-16-29)39-34(33(37-35(39)42)31-9-4-5-21-36-31)32-10-6-22-38(32)27-12-11-24-7-2-3-8-25(24)23-27/h2-23,33-34H,1H3,(H,37,42)/t33-,34-/m0/s1. The Morgan fingerprint density at radius 2 is 1.40 bits per heavy atom. The molecule has 1 aliphatic heterocycles. The minimum atomic E-state index is -0.151.